The van der Waals surface area contributed by atoms with E-state index in [1.54, 1.807) is 23.5 Å². The van der Waals surface area contributed by atoms with Gasteiger partial charge in [0.2, 0.25) is 10.0 Å². The molecule has 1 aromatic heterocycles. The van der Waals surface area contributed by atoms with Crippen LogP contribution >= 0.6 is 22.9 Å². The SMILES string of the molecule is Cc1ccc(S(=O)(=O)NCCc2nc3ccccc3s2)c(Cl)c1. The first kappa shape index (κ1) is 16.4. The highest BCUT2D eigenvalue weighted by Gasteiger charge is 2.17. The van der Waals surface area contributed by atoms with E-state index in [9.17, 15) is 8.42 Å². The molecule has 0 amide bonds. The van der Waals surface area contributed by atoms with Gasteiger partial charge in [-0.15, -0.1) is 11.3 Å². The smallest absolute Gasteiger partial charge is 0.241 e. The summed E-state index contributed by atoms with van der Waals surface area (Å²) < 4.78 is 28.3. The Kier molecular flexibility index (Phi) is 4.68. The standard InChI is InChI=1S/C16H15ClN2O2S2/c1-11-6-7-15(12(17)10-11)23(20,21)18-9-8-16-19-13-4-2-3-5-14(13)22-16/h2-7,10,18H,8-9H2,1H3. The van der Waals surface area contributed by atoms with E-state index in [1.165, 1.54) is 6.07 Å². The predicted octanol–water partition coefficient (Wildman–Crippen LogP) is 3.78. The van der Waals surface area contributed by atoms with Crippen molar-refractivity contribution in [3.63, 3.8) is 0 Å². The fourth-order valence-electron chi connectivity index (χ4n) is 2.22. The molecule has 1 heterocycles. The second kappa shape index (κ2) is 6.57. The van der Waals surface area contributed by atoms with Crippen LogP contribution in [-0.4, -0.2) is 19.9 Å². The van der Waals surface area contributed by atoms with Crippen LogP contribution in [0, 0.1) is 6.92 Å². The first-order valence-electron chi connectivity index (χ1n) is 7.06. The van der Waals surface area contributed by atoms with E-state index in [-0.39, 0.29) is 16.5 Å². The molecule has 0 aliphatic carbocycles. The summed E-state index contributed by atoms with van der Waals surface area (Å²) in [6.07, 6.45) is 0.544. The van der Waals surface area contributed by atoms with E-state index in [2.05, 4.69) is 9.71 Å². The Morgan fingerprint density at radius 1 is 1.22 bits per heavy atom. The second-order valence-electron chi connectivity index (χ2n) is 5.16. The molecule has 3 rings (SSSR count). The van der Waals surface area contributed by atoms with E-state index in [0.29, 0.717) is 6.42 Å². The first-order chi connectivity index (χ1) is 11.0. The van der Waals surface area contributed by atoms with Crippen LogP contribution in [0.25, 0.3) is 10.2 Å². The normalized spacial score (nSPS) is 11.9. The number of sulfonamides is 1. The lowest BCUT2D eigenvalue weighted by Crippen LogP contribution is -2.26. The van der Waals surface area contributed by atoms with Crippen molar-refractivity contribution in [2.24, 2.45) is 0 Å². The third-order valence-electron chi connectivity index (χ3n) is 3.35. The maximum absolute atomic E-state index is 12.3. The van der Waals surface area contributed by atoms with Crippen molar-refractivity contribution in [3.05, 3.63) is 58.1 Å². The monoisotopic (exact) mass is 366 g/mol. The highest BCUT2D eigenvalue weighted by Crippen LogP contribution is 2.23. The van der Waals surface area contributed by atoms with Crippen molar-refractivity contribution >= 4 is 43.2 Å². The summed E-state index contributed by atoms with van der Waals surface area (Å²) in [4.78, 5) is 4.60. The summed E-state index contributed by atoms with van der Waals surface area (Å²) in [6, 6.07) is 12.8. The zero-order valence-electron chi connectivity index (χ0n) is 12.4. The molecule has 0 spiro atoms. The second-order valence-corrected chi connectivity index (χ2v) is 8.41. The Morgan fingerprint density at radius 2 is 2.00 bits per heavy atom. The summed E-state index contributed by atoms with van der Waals surface area (Å²) >= 11 is 7.61. The Morgan fingerprint density at radius 3 is 2.74 bits per heavy atom. The topological polar surface area (TPSA) is 59.1 Å². The number of thiazole rings is 1. The number of nitrogens with zero attached hydrogens (tertiary/aromatic N) is 1. The van der Waals surface area contributed by atoms with Gasteiger partial charge in [0.1, 0.15) is 4.90 Å². The highest BCUT2D eigenvalue weighted by atomic mass is 35.5. The summed E-state index contributed by atoms with van der Waals surface area (Å²) in [7, 11) is -3.61. The maximum atomic E-state index is 12.3. The third kappa shape index (κ3) is 3.72. The minimum Gasteiger partial charge on any atom is -0.241 e. The highest BCUT2D eigenvalue weighted by molar-refractivity contribution is 7.89. The van der Waals surface area contributed by atoms with Gasteiger partial charge in [0.25, 0.3) is 0 Å². The van der Waals surface area contributed by atoms with Gasteiger partial charge in [0.15, 0.2) is 0 Å². The molecule has 23 heavy (non-hydrogen) atoms. The zero-order valence-corrected chi connectivity index (χ0v) is 14.8. The molecule has 7 heteroatoms. The van der Waals surface area contributed by atoms with Gasteiger partial charge in [0.05, 0.1) is 20.2 Å². The molecular formula is C16H15ClN2O2S2. The van der Waals surface area contributed by atoms with Crippen molar-refractivity contribution in [1.82, 2.24) is 9.71 Å². The molecule has 120 valence electrons. The van der Waals surface area contributed by atoms with Gasteiger partial charge in [-0.25, -0.2) is 18.1 Å². The molecule has 4 nitrogen and oxygen atoms in total. The van der Waals surface area contributed by atoms with Crippen LogP contribution in [0.2, 0.25) is 5.02 Å². The van der Waals surface area contributed by atoms with Crippen LogP contribution in [0.5, 0.6) is 0 Å². The fourth-order valence-corrected chi connectivity index (χ4v) is 4.82. The van der Waals surface area contributed by atoms with Gasteiger partial charge < -0.3 is 0 Å². The van der Waals surface area contributed by atoms with Gasteiger partial charge in [0, 0.05) is 13.0 Å². The summed E-state index contributed by atoms with van der Waals surface area (Å²) in [5, 5.41) is 1.14. The van der Waals surface area contributed by atoms with E-state index >= 15 is 0 Å². The summed E-state index contributed by atoms with van der Waals surface area (Å²) in [5.74, 6) is 0. The van der Waals surface area contributed by atoms with Gasteiger partial charge in [-0.05, 0) is 36.8 Å². The Hall–Kier alpha value is -1.47. The molecule has 0 bridgehead atoms. The number of hydrogen-bond donors (Lipinski definition) is 1. The number of aryl methyl sites for hydroxylation is 1. The molecule has 0 saturated heterocycles. The van der Waals surface area contributed by atoms with Gasteiger partial charge in [-0.1, -0.05) is 29.8 Å². The lowest BCUT2D eigenvalue weighted by molar-refractivity contribution is 0.581. The number of aromatic nitrogens is 1. The number of halogens is 1. The molecule has 1 N–H and O–H groups in total. The van der Waals surface area contributed by atoms with Crippen molar-refractivity contribution in [2.45, 2.75) is 18.2 Å². The maximum Gasteiger partial charge on any atom is 0.242 e. The molecule has 0 unspecified atom stereocenters. The zero-order chi connectivity index (χ0) is 16.4. The molecule has 0 aliphatic rings. The molecular weight excluding hydrogens is 352 g/mol. The summed E-state index contributed by atoms with van der Waals surface area (Å²) in [6.45, 7) is 2.15. The Labute approximate surface area is 144 Å². The quantitative estimate of drug-likeness (QED) is 0.747. The molecule has 3 aromatic rings. The van der Waals surface area contributed by atoms with Crippen molar-refractivity contribution in [3.8, 4) is 0 Å². The van der Waals surface area contributed by atoms with E-state index in [4.69, 9.17) is 11.6 Å². The minimum absolute atomic E-state index is 0.106. The largest absolute Gasteiger partial charge is 0.242 e. The number of rotatable bonds is 5. The fraction of sp³-hybridized carbons (Fsp3) is 0.188. The lowest BCUT2D eigenvalue weighted by atomic mass is 10.2. The average molecular weight is 367 g/mol. The number of fused-ring (bicyclic) bond motifs is 1. The summed E-state index contributed by atoms with van der Waals surface area (Å²) in [5.41, 5.74) is 1.86. The van der Waals surface area contributed by atoms with Gasteiger partial charge in [-0.2, -0.15) is 0 Å². The molecule has 0 saturated carbocycles. The first-order valence-corrected chi connectivity index (χ1v) is 9.74. The third-order valence-corrected chi connectivity index (χ3v) is 6.39. The van der Waals surface area contributed by atoms with Gasteiger partial charge in [-0.3, -0.25) is 0 Å². The molecule has 0 aliphatic heterocycles. The van der Waals surface area contributed by atoms with Crippen molar-refractivity contribution in [1.29, 1.82) is 0 Å². The van der Waals surface area contributed by atoms with Crippen molar-refractivity contribution in [2.75, 3.05) is 6.54 Å². The van der Waals surface area contributed by atoms with Crippen molar-refractivity contribution < 1.29 is 8.42 Å². The number of benzene rings is 2. The molecule has 0 atom stereocenters. The van der Waals surface area contributed by atoms with E-state index in [0.717, 1.165) is 20.8 Å². The Bertz CT molecular complexity index is 919. The van der Waals surface area contributed by atoms with Gasteiger partial charge >= 0.3 is 0 Å². The van der Waals surface area contributed by atoms with Crippen LogP contribution in [0.15, 0.2) is 47.4 Å². The molecule has 2 aromatic carbocycles. The lowest BCUT2D eigenvalue weighted by Gasteiger charge is -2.08. The van der Waals surface area contributed by atoms with Crippen LogP contribution < -0.4 is 4.72 Å². The van der Waals surface area contributed by atoms with E-state index in [1.807, 2.05) is 31.2 Å². The van der Waals surface area contributed by atoms with Crippen LogP contribution in [0.4, 0.5) is 0 Å². The number of hydrogen-bond acceptors (Lipinski definition) is 4. The van der Waals surface area contributed by atoms with E-state index < -0.39 is 10.0 Å². The molecule has 0 radical (unpaired) electrons. The molecule has 0 fully saturated rings. The van der Waals surface area contributed by atoms with Crippen LogP contribution in [-0.2, 0) is 16.4 Å². The average Bonchev–Trinajstić information content (AvgIpc) is 2.89. The Balaban J connectivity index is 1.69. The number of para-hydroxylation sites is 1. The van der Waals surface area contributed by atoms with Crippen LogP contribution in [0.3, 0.4) is 0 Å². The predicted molar refractivity (Wildman–Crippen MR) is 94.7 cm³/mol. The minimum atomic E-state index is -3.61. The van der Waals surface area contributed by atoms with Crippen LogP contribution in [0.1, 0.15) is 10.6 Å². The number of nitrogens with one attached hydrogen (secondary N) is 1.